The fourth-order valence-electron chi connectivity index (χ4n) is 1.78. The number of fused-ring (bicyclic) bond motifs is 1. The lowest BCUT2D eigenvalue weighted by Gasteiger charge is -2.28. The van der Waals surface area contributed by atoms with Gasteiger partial charge >= 0.3 is 0 Å². The molecular weight excluding hydrogens is 198 g/mol. The van der Waals surface area contributed by atoms with Crippen molar-refractivity contribution in [2.45, 2.75) is 6.04 Å². The number of hydrogen-bond donors (Lipinski definition) is 1. The number of benzene rings is 1. The van der Waals surface area contributed by atoms with Crippen molar-refractivity contribution in [1.82, 2.24) is 15.1 Å². The summed E-state index contributed by atoms with van der Waals surface area (Å²) in [6.45, 7) is 1.98. The monoisotopic (exact) mass is 207 g/mol. The quantitative estimate of drug-likeness (QED) is 0.774. The van der Waals surface area contributed by atoms with E-state index in [0.717, 1.165) is 29.0 Å². The number of hydrogen-bond acceptors (Lipinski definition) is 2. The van der Waals surface area contributed by atoms with Gasteiger partial charge in [-0.05, 0) is 6.07 Å². The summed E-state index contributed by atoms with van der Waals surface area (Å²) in [7, 11) is 0. The zero-order valence-corrected chi connectivity index (χ0v) is 8.33. The lowest BCUT2D eigenvalue weighted by Crippen LogP contribution is -2.43. The van der Waals surface area contributed by atoms with E-state index in [1.54, 1.807) is 0 Å². The molecule has 0 saturated carbocycles. The van der Waals surface area contributed by atoms with E-state index in [0.29, 0.717) is 6.04 Å². The Labute approximate surface area is 86.7 Å². The van der Waals surface area contributed by atoms with Crippen LogP contribution in [0.2, 0.25) is 5.02 Å². The summed E-state index contributed by atoms with van der Waals surface area (Å²) >= 11 is 6.15. The van der Waals surface area contributed by atoms with Crippen LogP contribution in [-0.4, -0.2) is 22.9 Å². The third-order valence-electron chi connectivity index (χ3n) is 2.67. The second kappa shape index (κ2) is 2.97. The number of aromatic nitrogens is 2. The Bertz CT molecular complexity index is 473. The molecule has 14 heavy (non-hydrogen) atoms. The second-order valence-electron chi connectivity index (χ2n) is 3.58. The van der Waals surface area contributed by atoms with Gasteiger partial charge in [-0.15, -0.1) is 0 Å². The number of rotatable bonds is 1. The summed E-state index contributed by atoms with van der Waals surface area (Å²) in [5, 5.41) is 9.50. The Balaban J connectivity index is 2.23. The second-order valence-corrected chi connectivity index (χ2v) is 3.99. The van der Waals surface area contributed by atoms with Crippen molar-refractivity contribution in [2.24, 2.45) is 0 Å². The van der Waals surface area contributed by atoms with Crippen molar-refractivity contribution in [3.8, 4) is 0 Å². The third kappa shape index (κ3) is 1.06. The maximum absolute atomic E-state index is 6.15. The molecule has 0 radical (unpaired) electrons. The summed E-state index contributed by atoms with van der Waals surface area (Å²) < 4.78 is 2.02. The Hall–Kier alpha value is -1.06. The number of para-hydroxylation sites is 1. The van der Waals surface area contributed by atoms with Gasteiger partial charge in [-0.1, -0.05) is 23.7 Å². The van der Waals surface area contributed by atoms with Crippen molar-refractivity contribution < 1.29 is 0 Å². The topological polar surface area (TPSA) is 29.9 Å². The van der Waals surface area contributed by atoms with Crippen LogP contribution in [0.15, 0.2) is 24.4 Å². The zero-order chi connectivity index (χ0) is 9.54. The van der Waals surface area contributed by atoms with Crippen molar-refractivity contribution in [1.29, 1.82) is 0 Å². The molecule has 0 atom stereocenters. The molecule has 1 aliphatic rings. The fourth-order valence-corrected chi connectivity index (χ4v) is 2.05. The molecule has 1 saturated heterocycles. The Morgan fingerprint density at radius 3 is 3.00 bits per heavy atom. The van der Waals surface area contributed by atoms with Gasteiger partial charge in [-0.2, -0.15) is 5.10 Å². The highest BCUT2D eigenvalue weighted by molar-refractivity contribution is 6.35. The minimum atomic E-state index is 0.465. The third-order valence-corrected chi connectivity index (χ3v) is 2.98. The van der Waals surface area contributed by atoms with E-state index in [2.05, 4.69) is 10.4 Å². The van der Waals surface area contributed by atoms with Gasteiger partial charge < -0.3 is 5.32 Å². The van der Waals surface area contributed by atoms with Crippen LogP contribution in [0.1, 0.15) is 6.04 Å². The molecule has 1 aliphatic heterocycles. The van der Waals surface area contributed by atoms with E-state index in [4.69, 9.17) is 11.6 Å². The summed E-state index contributed by atoms with van der Waals surface area (Å²) in [6.07, 6.45) is 1.87. The largest absolute Gasteiger partial charge is 0.312 e. The SMILES string of the molecule is Clc1cccc2cnn(C3CNC3)c12. The molecule has 3 nitrogen and oxygen atoms in total. The van der Waals surface area contributed by atoms with Crippen LogP contribution in [0.3, 0.4) is 0 Å². The molecule has 3 rings (SSSR count). The summed E-state index contributed by atoms with van der Waals surface area (Å²) in [6, 6.07) is 6.37. The van der Waals surface area contributed by atoms with E-state index in [1.165, 1.54) is 0 Å². The van der Waals surface area contributed by atoms with Gasteiger partial charge in [0.2, 0.25) is 0 Å². The zero-order valence-electron chi connectivity index (χ0n) is 7.57. The maximum Gasteiger partial charge on any atom is 0.0873 e. The predicted octanol–water partition coefficient (Wildman–Crippen LogP) is 1.83. The van der Waals surface area contributed by atoms with Crippen LogP contribution in [0.4, 0.5) is 0 Å². The van der Waals surface area contributed by atoms with Crippen molar-refractivity contribution >= 4 is 22.5 Å². The average molecular weight is 208 g/mol. The average Bonchev–Trinajstić information content (AvgIpc) is 2.47. The van der Waals surface area contributed by atoms with Crippen LogP contribution >= 0.6 is 11.6 Å². The number of nitrogens with one attached hydrogen (secondary N) is 1. The smallest absolute Gasteiger partial charge is 0.0873 e. The van der Waals surface area contributed by atoms with Gasteiger partial charge in [0.15, 0.2) is 0 Å². The van der Waals surface area contributed by atoms with Gasteiger partial charge in [0.25, 0.3) is 0 Å². The van der Waals surface area contributed by atoms with E-state index < -0.39 is 0 Å². The molecule has 4 heteroatoms. The standard InChI is InChI=1S/C10H10ClN3/c11-9-3-1-2-7-4-13-14(10(7)9)8-5-12-6-8/h1-4,8,12H,5-6H2. The Kier molecular flexibility index (Phi) is 1.75. The minimum Gasteiger partial charge on any atom is -0.312 e. The van der Waals surface area contributed by atoms with E-state index >= 15 is 0 Å². The molecule has 0 spiro atoms. The lowest BCUT2D eigenvalue weighted by molar-refractivity contribution is 0.326. The molecule has 1 N–H and O–H groups in total. The minimum absolute atomic E-state index is 0.465. The summed E-state index contributed by atoms with van der Waals surface area (Å²) in [5.41, 5.74) is 1.06. The normalized spacial score (nSPS) is 17.2. The molecule has 2 aromatic rings. The van der Waals surface area contributed by atoms with Crippen molar-refractivity contribution in [3.05, 3.63) is 29.4 Å². The number of nitrogens with zero attached hydrogens (tertiary/aromatic N) is 2. The molecule has 1 aromatic heterocycles. The fraction of sp³-hybridized carbons (Fsp3) is 0.300. The van der Waals surface area contributed by atoms with E-state index in [9.17, 15) is 0 Å². The summed E-state index contributed by atoms with van der Waals surface area (Å²) in [4.78, 5) is 0. The molecule has 1 fully saturated rings. The first-order valence-electron chi connectivity index (χ1n) is 4.69. The molecule has 72 valence electrons. The molecule has 0 amide bonds. The molecule has 0 unspecified atom stereocenters. The highest BCUT2D eigenvalue weighted by Crippen LogP contribution is 2.26. The van der Waals surface area contributed by atoms with E-state index in [1.807, 2.05) is 29.1 Å². The molecule has 0 bridgehead atoms. The van der Waals surface area contributed by atoms with Crippen molar-refractivity contribution in [3.63, 3.8) is 0 Å². The van der Waals surface area contributed by atoms with Crippen molar-refractivity contribution in [2.75, 3.05) is 13.1 Å². The van der Waals surface area contributed by atoms with Gasteiger partial charge in [0.05, 0.1) is 22.8 Å². The Morgan fingerprint density at radius 2 is 2.29 bits per heavy atom. The Morgan fingerprint density at radius 1 is 1.43 bits per heavy atom. The van der Waals surface area contributed by atoms with Gasteiger partial charge in [0.1, 0.15) is 0 Å². The molecule has 1 aromatic carbocycles. The van der Waals surface area contributed by atoms with Gasteiger partial charge in [-0.25, -0.2) is 0 Å². The van der Waals surface area contributed by atoms with Crippen LogP contribution in [0, 0.1) is 0 Å². The van der Waals surface area contributed by atoms with Crippen LogP contribution in [0.5, 0.6) is 0 Å². The van der Waals surface area contributed by atoms with Crippen LogP contribution in [-0.2, 0) is 0 Å². The molecular formula is C10H10ClN3. The van der Waals surface area contributed by atoms with Crippen LogP contribution < -0.4 is 5.32 Å². The predicted molar refractivity (Wildman–Crippen MR) is 56.6 cm³/mol. The first kappa shape index (κ1) is 8.26. The highest BCUT2D eigenvalue weighted by Gasteiger charge is 2.21. The van der Waals surface area contributed by atoms with Crippen LogP contribution in [0.25, 0.3) is 10.9 Å². The number of halogens is 1. The van der Waals surface area contributed by atoms with Gasteiger partial charge in [0, 0.05) is 18.5 Å². The molecule has 0 aliphatic carbocycles. The molecule has 2 heterocycles. The van der Waals surface area contributed by atoms with E-state index in [-0.39, 0.29) is 0 Å². The maximum atomic E-state index is 6.15. The summed E-state index contributed by atoms with van der Waals surface area (Å²) in [5.74, 6) is 0. The highest BCUT2D eigenvalue weighted by atomic mass is 35.5. The lowest BCUT2D eigenvalue weighted by atomic mass is 10.2. The first-order chi connectivity index (χ1) is 6.86. The first-order valence-corrected chi connectivity index (χ1v) is 5.06. The van der Waals surface area contributed by atoms with Gasteiger partial charge in [-0.3, -0.25) is 4.68 Å².